The lowest BCUT2D eigenvalue weighted by atomic mass is 10.1. The summed E-state index contributed by atoms with van der Waals surface area (Å²) in [6, 6.07) is 8.52. The number of halogens is 2. The molecule has 0 aromatic heterocycles. The summed E-state index contributed by atoms with van der Waals surface area (Å²) in [6.07, 6.45) is -0.0415. The lowest BCUT2D eigenvalue weighted by Gasteiger charge is -2.10. The molecular weight excluding hydrogens is 373 g/mol. The van der Waals surface area contributed by atoms with E-state index in [1.807, 2.05) is 0 Å². The molecule has 0 aliphatic heterocycles. The standard InChI is InChI=1S/C16H15Cl2NO4S/c1-2-24(22,23)12-5-6-15(20)14(9-12)19-16(21)7-10-3-4-11(17)8-13(10)18/h3-6,8-9,20H,2,7H2,1H3,(H,19,21). The molecule has 0 radical (unpaired) electrons. The third-order valence-corrected chi connectivity index (χ3v) is 5.67. The Balaban J connectivity index is 2.21. The minimum Gasteiger partial charge on any atom is -0.506 e. The van der Waals surface area contributed by atoms with Crippen LogP contribution in [0.2, 0.25) is 10.0 Å². The fraction of sp³-hybridized carbons (Fsp3) is 0.188. The van der Waals surface area contributed by atoms with Crippen molar-refractivity contribution in [1.82, 2.24) is 0 Å². The summed E-state index contributed by atoms with van der Waals surface area (Å²) in [5.74, 6) is -0.743. The fourth-order valence-electron chi connectivity index (χ4n) is 2.01. The van der Waals surface area contributed by atoms with Crippen molar-refractivity contribution in [2.75, 3.05) is 11.1 Å². The first kappa shape index (κ1) is 18.6. The fourth-order valence-corrected chi connectivity index (χ4v) is 3.39. The minimum atomic E-state index is -3.44. The van der Waals surface area contributed by atoms with E-state index < -0.39 is 15.7 Å². The second-order valence-electron chi connectivity index (χ2n) is 5.04. The van der Waals surface area contributed by atoms with Crippen LogP contribution < -0.4 is 5.32 Å². The summed E-state index contributed by atoms with van der Waals surface area (Å²) in [7, 11) is -3.44. The molecule has 128 valence electrons. The van der Waals surface area contributed by atoms with Crippen molar-refractivity contribution in [2.24, 2.45) is 0 Å². The molecule has 2 aromatic carbocycles. The molecule has 8 heteroatoms. The highest BCUT2D eigenvalue weighted by Gasteiger charge is 2.16. The Morgan fingerprint density at radius 3 is 2.50 bits per heavy atom. The number of phenolic OH excluding ortho intramolecular Hbond substituents is 1. The first-order chi connectivity index (χ1) is 11.2. The van der Waals surface area contributed by atoms with Gasteiger partial charge in [-0.2, -0.15) is 0 Å². The summed E-state index contributed by atoms with van der Waals surface area (Å²) in [5.41, 5.74) is 0.593. The topological polar surface area (TPSA) is 83.5 Å². The predicted octanol–water partition coefficient (Wildman–Crippen LogP) is 3.67. The van der Waals surface area contributed by atoms with Crippen LogP contribution in [0.5, 0.6) is 5.75 Å². The van der Waals surface area contributed by atoms with Crippen LogP contribution in [0.1, 0.15) is 12.5 Å². The van der Waals surface area contributed by atoms with Gasteiger partial charge >= 0.3 is 0 Å². The van der Waals surface area contributed by atoms with E-state index in [2.05, 4.69) is 5.32 Å². The van der Waals surface area contributed by atoms with Crippen molar-refractivity contribution in [3.05, 3.63) is 52.0 Å². The molecule has 0 aliphatic rings. The Hall–Kier alpha value is -1.76. The van der Waals surface area contributed by atoms with E-state index in [9.17, 15) is 18.3 Å². The number of nitrogens with one attached hydrogen (secondary N) is 1. The number of amides is 1. The summed E-state index contributed by atoms with van der Waals surface area (Å²) < 4.78 is 23.8. The number of carbonyl (C=O) groups excluding carboxylic acids is 1. The van der Waals surface area contributed by atoms with E-state index >= 15 is 0 Å². The Bertz CT molecular complexity index is 882. The largest absolute Gasteiger partial charge is 0.506 e. The Morgan fingerprint density at radius 1 is 1.17 bits per heavy atom. The number of rotatable bonds is 5. The first-order valence-electron chi connectivity index (χ1n) is 7.02. The maximum atomic E-state index is 12.1. The van der Waals surface area contributed by atoms with Gasteiger partial charge in [-0.1, -0.05) is 36.2 Å². The molecule has 0 bridgehead atoms. The summed E-state index contributed by atoms with van der Waals surface area (Å²) >= 11 is 11.8. The number of hydrogen-bond acceptors (Lipinski definition) is 4. The third kappa shape index (κ3) is 4.41. The highest BCUT2D eigenvalue weighted by atomic mass is 35.5. The van der Waals surface area contributed by atoms with Crippen molar-refractivity contribution >= 4 is 44.6 Å². The smallest absolute Gasteiger partial charge is 0.228 e. The van der Waals surface area contributed by atoms with Crippen LogP contribution in [0, 0.1) is 0 Å². The molecular formula is C16H15Cl2NO4S. The quantitative estimate of drug-likeness (QED) is 0.766. The average molecular weight is 388 g/mol. The van der Waals surface area contributed by atoms with E-state index in [-0.39, 0.29) is 28.5 Å². The summed E-state index contributed by atoms with van der Waals surface area (Å²) in [5, 5.41) is 13.1. The van der Waals surface area contributed by atoms with Gasteiger partial charge in [0.2, 0.25) is 5.91 Å². The van der Waals surface area contributed by atoms with Crippen LogP contribution in [-0.2, 0) is 21.1 Å². The van der Waals surface area contributed by atoms with Crippen LogP contribution in [-0.4, -0.2) is 25.2 Å². The number of carbonyl (C=O) groups is 1. The second kappa shape index (κ2) is 7.42. The molecule has 0 aliphatic carbocycles. The Labute approximate surface area is 150 Å². The average Bonchev–Trinajstić information content (AvgIpc) is 2.52. The molecule has 2 aromatic rings. The van der Waals surface area contributed by atoms with Gasteiger partial charge in [-0.25, -0.2) is 8.42 Å². The third-order valence-electron chi connectivity index (χ3n) is 3.35. The number of sulfone groups is 1. The van der Waals surface area contributed by atoms with Gasteiger partial charge in [0.25, 0.3) is 0 Å². The van der Waals surface area contributed by atoms with Crippen molar-refractivity contribution in [2.45, 2.75) is 18.2 Å². The van der Waals surface area contributed by atoms with Gasteiger partial charge in [0, 0.05) is 10.0 Å². The molecule has 0 atom stereocenters. The Morgan fingerprint density at radius 2 is 1.88 bits per heavy atom. The molecule has 0 spiro atoms. The maximum absolute atomic E-state index is 12.1. The van der Waals surface area contributed by atoms with Gasteiger partial charge in [-0.3, -0.25) is 4.79 Å². The van der Waals surface area contributed by atoms with Gasteiger partial charge < -0.3 is 10.4 Å². The van der Waals surface area contributed by atoms with E-state index in [0.29, 0.717) is 15.6 Å². The van der Waals surface area contributed by atoms with E-state index in [4.69, 9.17) is 23.2 Å². The highest BCUT2D eigenvalue weighted by molar-refractivity contribution is 7.91. The number of benzene rings is 2. The monoisotopic (exact) mass is 387 g/mol. The van der Waals surface area contributed by atoms with Gasteiger partial charge in [-0.15, -0.1) is 0 Å². The summed E-state index contributed by atoms with van der Waals surface area (Å²) in [4.78, 5) is 12.2. The Kier molecular flexibility index (Phi) is 5.74. The molecule has 2 rings (SSSR count). The normalized spacial score (nSPS) is 11.3. The lowest BCUT2D eigenvalue weighted by Crippen LogP contribution is -2.15. The molecule has 0 unspecified atom stereocenters. The van der Waals surface area contributed by atoms with Crippen LogP contribution in [0.25, 0.3) is 0 Å². The van der Waals surface area contributed by atoms with E-state index in [1.165, 1.54) is 31.2 Å². The van der Waals surface area contributed by atoms with Crippen molar-refractivity contribution in [3.63, 3.8) is 0 Å². The molecule has 1 amide bonds. The lowest BCUT2D eigenvalue weighted by molar-refractivity contribution is -0.115. The van der Waals surface area contributed by atoms with Crippen LogP contribution in [0.15, 0.2) is 41.3 Å². The summed E-state index contributed by atoms with van der Waals surface area (Å²) in [6.45, 7) is 1.52. The van der Waals surface area contributed by atoms with Gasteiger partial charge in [-0.05, 0) is 35.9 Å². The first-order valence-corrected chi connectivity index (χ1v) is 9.43. The van der Waals surface area contributed by atoms with Crippen molar-refractivity contribution < 1.29 is 18.3 Å². The van der Waals surface area contributed by atoms with Gasteiger partial charge in [0.15, 0.2) is 9.84 Å². The van der Waals surface area contributed by atoms with E-state index in [0.717, 1.165) is 0 Å². The maximum Gasteiger partial charge on any atom is 0.228 e. The zero-order valence-electron chi connectivity index (χ0n) is 12.7. The minimum absolute atomic E-state index is 0.0274. The zero-order chi connectivity index (χ0) is 17.9. The zero-order valence-corrected chi connectivity index (χ0v) is 15.0. The van der Waals surface area contributed by atoms with Gasteiger partial charge in [0.05, 0.1) is 22.8 Å². The van der Waals surface area contributed by atoms with Crippen LogP contribution in [0.3, 0.4) is 0 Å². The molecule has 0 fully saturated rings. The highest BCUT2D eigenvalue weighted by Crippen LogP contribution is 2.28. The number of anilines is 1. The second-order valence-corrected chi connectivity index (χ2v) is 8.16. The number of phenols is 1. The molecule has 0 saturated heterocycles. The molecule has 2 N–H and O–H groups in total. The number of hydrogen-bond donors (Lipinski definition) is 2. The van der Waals surface area contributed by atoms with Crippen LogP contribution >= 0.6 is 23.2 Å². The number of aromatic hydroxyl groups is 1. The molecule has 24 heavy (non-hydrogen) atoms. The predicted molar refractivity (Wildman–Crippen MR) is 94.6 cm³/mol. The molecule has 0 heterocycles. The SMILES string of the molecule is CCS(=O)(=O)c1ccc(O)c(NC(=O)Cc2ccc(Cl)cc2Cl)c1. The molecule has 0 saturated carbocycles. The van der Waals surface area contributed by atoms with Crippen molar-refractivity contribution in [1.29, 1.82) is 0 Å². The van der Waals surface area contributed by atoms with Crippen molar-refractivity contribution in [3.8, 4) is 5.75 Å². The molecule has 5 nitrogen and oxygen atoms in total. The van der Waals surface area contributed by atoms with Crippen LogP contribution in [0.4, 0.5) is 5.69 Å². The van der Waals surface area contributed by atoms with Gasteiger partial charge in [0.1, 0.15) is 5.75 Å². The van der Waals surface area contributed by atoms with E-state index in [1.54, 1.807) is 12.1 Å².